The summed E-state index contributed by atoms with van der Waals surface area (Å²) in [7, 11) is -2.96. The van der Waals surface area contributed by atoms with Gasteiger partial charge in [0.1, 0.15) is 0 Å². The van der Waals surface area contributed by atoms with Crippen molar-refractivity contribution in [2.75, 3.05) is 11.8 Å². The molecule has 126 valence electrons. The summed E-state index contributed by atoms with van der Waals surface area (Å²) in [5.41, 5.74) is -0.524. The van der Waals surface area contributed by atoms with E-state index < -0.39 is 37.2 Å². The molecule has 10 heteroatoms. The number of hydrogen-bond donors (Lipinski definition) is 2. The maximum absolute atomic E-state index is 12.3. The van der Waals surface area contributed by atoms with Gasteiger partial charge in [0.15, 0.2) is 5.75 Å². The van der Waals surface area contributed by atoms with Crippen molar-refractivity contribution in [2.24, 2.45) is 0 Å². The van der Waals surface area contributed by atoms with Gasteiger partial charge in [-0.25, -0.2) is 13.2 Å². The van der Waals surface area contributed by atoms with E-state index in [9.17, 15) is 28.4 Å². The molecule has 0 aliphatic rings. The molecule has 0 amide bonds. The molecule has 2 rings (SSSR count). The molecule has 2 aromatic rings. The van der Waals surface area contributed by atoms with Crippen molar-refractivity contribution in [3.63, 3.8) is 0 Å². The third-order valence-electron chi connectivity index (χ3n) is 2.99. The number of nitrogens with zero attached hydrogens (tertiary/aromatic N) is 1. The van der Waals surface area contributed by atoms with E-state index in [0.29, 0.717) is 0 Å². The van der Waals surface area contributed by atoms with E-state index in [-0.39, 0.29) is 11.3 Å². The van der Waals surface area contributed by atoms with E-state index in [4.69, 9.17) is 0 Å². The summed E-state index contributed by atoms with van der Waals surface area (Å²) in [4.78, 5) is 20.9. The van der Waals surface area contributed by atoms with E-state index in [0.717, 1.165) is 18.2 Å². The number of carbonyl (C=O) groups is 1. The molecular weight excluding hydrogens is 340 g/mol. The number of ether oxygens (including phenoxy) is 1. The van der Waals surface area contributed by atoms with Crippen LogP contribution in [0.5, 0.6) is 5.75 Å². The number of carbonyl (C=O) groups excluding carboxylic acids is 1. The van der Waals surface area contributed by atoms with E-state index >= 15 is 0 Å². The van der Waals surface area contributed by atoms with Gasteiger partial charge in [-0.2, -0.15) is 0 Å². The number of nitrogens with one attached hydrogen (secondary N) is 1. The van der Waals surface area contributed by atoms with Crippen LogP contribution in [0.15, 0.2) is 47.4 Å². The number of phenolic OH excluding ortho intramolecular Hbond substituents is 1. The predicted octanol–water partition coefficient (Wildman–Crippen LogP) is 1.89. The van der Waals surface area contributed by atoms with Gasteiger partial charge in [0.2, 0.25) is 0 Å². The molecule has 9 nitrogen and oxygen atoms in total. The minimum atomic E-state index is -4.15. The second kappa shape index (κ2) is 6.54. The van der Waals surface area contributed by atoms with Gasteiger partial charge in [-0.3, -0.25) is 14.8 Å². The average molecular weight is 352 g/mol. The number of hydrogen-bond acceptors (Lipinski definition) is 7. The first-order valence-electron chi connectivity index (χ1n) is 6.43. The van der Waals surface area contributed by atoms with Crippen molar-refractivity contribution in [2.45, 2.75) is 4.90 Å². The zero-order valence-corrected chi connectivity index (χ0v) is 13.1. The maximum atomic E-state index is 12.3. The van der Waals surface area contributed by atoms with Gasteiger partial charge in [0, 0.05) is 11.8 Å². The Labute approximate surface area is 136 Å². The lowest BCUT2D eigenvalue weighted by Gasteiger charge is -2.09. The standard InChI is InChI=1S/C14H12N2O7S/c1-23-14(18)9-3-2-4-10(7-9)15-24(21,22)11-5-6-13(17)12(8-11)16(19)20/h2-8,15,17H,1H3. The van der Waals surface area contributed by atoms with Crippen LogP contribution in [0, 0.1) is 10.1 Å². The number of anilines is 1. The first-order chi connectivity index (χ1) is 11.2. The predicted molar refractivity (Wildman–Crippen MR) is 83.4 cm³/mol. The van der Waals surface area contributed by atoms with Gasteiger partial charge >= 0.3 is 11.7 Å². The summed E-state index contributed by atoms with van der Waals surface area (Å²) >= 11 is 0. The monoisotopic (exact) mass is 352 g/mol. The second-order valence-corrected chi connectivity index (χ2v) is 6.27. The Bertz CT molecular complexity index is 909. The largest absolute Gasteiger partial charge is 0.502 e. The van der Waals surface area contributed by atoms with Crippen molar-refractivity contribution in [1.82, 2.24) is 0 Å². The quantitative estimate of drug-likeness (QED) is 0.476. The molecule has 0 saturated carbocycles. The topological polar surface area (TPSA) is 136 Å². The van der Waals surface area contributed by atoms with Crippen molar-refractivity contribution < 1.29 is 28.0 Å². The number of sulfonamides is 1. The molecule has 0 fully saturated rings. The van der Waals surface area contributed by atoms with Crippen LogP contribution in [0.4, 0.5) is 11.4 Å². The number of nitro benzene ring substituents is 1. The molecule has 2 aromatic carbocycles. The normalized spacial score (nSPS) is 10.9. The van der Waals surface area contributed by atoms with Crippen LogP contribution in [-0.2, 0) is 14.8 Å². The van der Waals surface area contributed by atoms with Crippen LogP contribution >= 0.6 is 0 Å². The van der Waals surface area contributed by atoms with Crippen molar-refractivity contribution >= 4 is 27.4 Å². The van der Waals surface area contributed by atoms with Gasteiger partial charge in [-0.05, 0) is 30.3 Å². The number of phenols is 1. The van der Waals surface area contributed by atoms with Crippen molar-refractivity contribution in [3.05, 3.63) is 58.1 Å². The Hall–Kier alpha value is -3.14. The Morgan fingerprint density at radius 2 is 1.96 bits per heavy atom. The fraction of sp³-hybridized carbons (Fsp3) is 0.0714. The van der Waals surface area contributed by atoms with Crippen molar-refractivity contribution in [3.8, 4) is 5.75 Å². The molecule has 0 saturated heterocycles. The van der Waals surface area contributed by atoms with Gasteiger partial charge in [-0.1, -0.05) is 6.07 Å². The lowest BCUT2D eigenvalue weighted by Crippen LogP contribution is -2.13. The third kappa shape index (κ3) is 3.60. The zero-order chi connectivity index (χ0) is 17.9. The third-order valence-corrected chi connectivity index (χ3v) is 4.37. The van der Waals surface area contributed by atoms with Gasteiger partial charge < -0.3 is 9.84 Å². The molecule has 0 radical (unpaired) electrons. The highest BCUT2D eigenvalue weighted by atomic mass is 32.2. The highest BCUT2D eigenvalue weighted by molar-refractivity contribution is 7.92. The molecular formula is C14H12N2O7S. The molecule has 0 spiro atoms. The lowest BCUT2D eigenvalue weighted by atomic mass is 10.2. The molecule has 24 heavy (non-hydrogen) atoms. The van der Waals surface area contributed by atoms with E-state index in [1.807, 2.05) is 0 Å². The van der Waals surface area contributed by atoms with Crippen LogP contribution < -0.4 is 4.72 Å². The summed E-state index contributed by atoms with van der Waals surface area (Å²) in [6.45, 7) is 0. The fourth-order valence-electron chi connectivity index (χ4n) is 1.86. The van der Waals surface area contributed by atoms with E-state index in [1.54, 1.807) is 0 Å². The van der Waals surface area contributed by atoms with Gasteiger partial charge in [-0.15, -0.1) is 0 Å². The van der Waals surface area contributed by atoms with Crippen LogP contribution in [0.2, 0.25) is 0 Å². The Morgan fingerprint density at radius 1 is 1.25 bits per heavy atom. The summed E-state index contributed by atoms with van der Waals surface area (Å²) in [6.07, 6.45) is 0. The Morgan fingerprint density at radius 3 is 2.58 bits per heavy atom. The molecule has 0 unspecified atom stereocenters. The summed E-state index contributed by atoms with van der Waals surface area (Å²) in [5.74, 6) is -1.29. The lowest BCUT2D eigenvalue weighted by molar-refractivity contribution is -0.386. The van der Waals surface area contributed by atoms with Gasteiger partial charge in [0.05, 0.1) is 22.5 Å². The number of benzene rings is 2. The molecule has 0 bridgehead atoms. The Balaban J connectivity index is 2.37. The number of rotatable bonds is 5. The number of aromatic hydroxyl groups is 1. The number of methoxy groups -OCH3 is 1. The van der Waals surface area contributed by atoms with Crippen LogP contribution in [0.25, 0.3) is 0 Å². The van der Waals surface area contributed by atoms with Gasteiger partial charge in [0.25, 0.3) is 10.0 Å². The van der Waals surface area contributed by atoms with Crippen LogP contribution in [0.1, 0.15) is 10.4 Å². The number of nitro groups is 1. The summed E-state index contributed by atoms with van der Waals surface area (Å²) in [5, 5.41) is 20.2. The first-order valence-corrected chi connectivity index (χ1v) is 7.91. The first kappa shape index (κ1) is 17.2. The highest BCUT2D eigenvalue weighted by Crippen LogP contribution is 2.29. The maximum Gasteiger partial charge on any atom is 0.337 e. The molecule has 0 aliphatic heterocycles. The van der Waals surface area contributed by atoms with E-state index in [2.05, 4.69) is 9.46 Å². The van der Waals surface area contributed by atoms with Crippen molar-refractivity contribution in [1.29, 1.82) is 0 Å². The highest BCUT2D eigenvalue weighted by Gasteiger charge is 2.21. The minimum Gasteiger partial charge on any atom is -0.502 e. The second-order valence-electron chi connectivity index (χ2n) is 4.59. The molecule has 0 atom stereocenters. The summed E-state index contributed by atoms with van der Waals surface area (Å²) in [6, 6.07) is 8.23. The average Bonchev–Trinajstić information content (AvgIpc) is 2.53. The Kier molecular flexibility index (Phi) is 4.69. The molecule has 2 N–H and O–H groups in total. The summed E-state index contributed by atoms with van der Waals surface area (Å²) < 4.78 is 31.4. The van der Waals surface area contributed by atoms with Crippen LogP contribution in [-0.4, -0.2) is 31.5 Å². The SMILES string of the molecule is COC(=O)c1cccc(NS(=O)(=O)c2ccc(O)c([N+](=O)[O-])c2)c1. The zero-order valence-electron chi connectivity index (χ0n) is 12.3. The number of esters is 1. The van der Waals surface area contributed by atoms with Crippen LogP contribution in [0.3, 0.4) is 0 Å². The smallest absolute Gasteiger partial charge is 0.337 e. The molecule has 0 aliphatic carbocycles. The molecule has 0 heterocycles. The molecule has 0 aromatic heterocycles. The minimum absolute atomic E-state index is 0.0774. The van der Waals surface area contributed by atoms with E-state index in [1.165, 1.54) is 31.4 Å². The fourth-order valence-corrected chi connectivity index (χ4v) is 2.93.